The number of ether oxygens (including phenoxy) is 1. The van der Waals surface area contributed by atoms with Crippen LogP contribution in [-0.4, -0.2) is 13.2 Å². The summed E-state index contributed by atoms with van der Waals surface area (Å²) in [5.41, 5.74) is 7.20. The molecular formula is C11H12N2O. The van der Waals surface area contributed by atoms with Crippen molar-refractivity contribution in [2.24, 2.45) is 5.41 Å². The average Bonchev–Trinajstić information content (AvgIpc) is 2.11. The van der Waals surface area contributed by atoms with E-state index in [-0.39, 0.29) is 5.41 Å². The fraction of sp³-hybridized carbons (Fsp3) is 0.364. The summed E-state index contributed by atoms with van der Waals surface area (Å²) in [5, 5.41) is 9.01. The van der Waals surface area contributed by atoms with Crippen molar-refractivity contribution < 1.29 is 4.74 Å². The van der Waals surface area contributed by atoms with Gasteiger partial charge < -0.3 is 10.5 Å². The molecule has 3 heteroatoms. The van der Waals surface area contributed by atoms with Gasteiger partial charge in [-0.3, -0.25) is 0 Å². The van der Waals surface area contributed by atoms with Crippen LogP contribution in [0.15, 0.2) is 24.3 Å². The predicted molar refractivity (Wildman–Crippen MR) is 53.4 cm³/mol. The highest BCUT2D eigenvalue weighted by Crippen LogP contribution is 2.31. The van der Waals surface area contributed by atoms with Crippen LogP contribution in [0, 0.1) is 16.7 Å². The van der Waals surface area contributed by atoms with Crippen molar-refractivity contribution in [2.75, 3.05) is 18.9 Å². The number of nitrogens with zero attached hydrogens (tertiary/aromatic N) is 1. The van der Waals surface area contributed by atoms with Crippen LogP contribution in [0.2, 0.25) is 0 Å². The summed E-state index contributed by atoms with van der Waals surface area (Å²) < 4.78 is 5.08. The molecule has 1 aliphatic heterocycles. The molecule has 0 bridgehead atoms. The van der Waals surface area contributed by atoms with E-state index in [0.717, 1.165) is 17.7 Å². The number of nitrogens with two attached hydrogens (primary N) is 1. The lowest BCUT2D eigenvalue weighted by Crippen LogP contribution is -2.43. The number of rotatable bonds is 2. The van der Waals surface area contributed by atoms with Gasteiger partial charge in [0.15, 0.2) is 0 Å². The van der Waals surface area contributed by atoms with E-state index in [1.807, 2.05) is 24.3 Å². The van der Waals surface area contributed by atoms with E-state index < -0.39 is 0 Å². The highest BCUT2D eigenvalue weighted by molar-refractivity contribution is 5.41. The third-order valence-electron chi connectivity index (χ3n) is 2.49. The van der Waals surface area contributed by atoms with E-state index in [2.05, 4.69) is 6.07 Å². The first-order chi connectivity index (χ1) is 6.74. The Labute approximate surface area is 83.1 Å². The Kier molecular flexibility index (Phi) is 2.14. The zero-order chi connectivity index (χ0) is 10.0. The van der Waals surface area contributed by atoms with Crippen molar-refractivity contribution in [2.45, 2.75) is 6.42 Å². The lowest BCUT2D eigenvalue weighted by atomic mass is 9.81. The third-order valence-corrected chi connectivity index (χ3v) is 2.49. The minimum Gasteiger partial charge on any atom is -0.399 e. The molecule has 1 heterocycles. The fourth-order valence-corrected chi connectivity index (χ4v) is 1.65. The Bertz CT molecular complexity index is 377. The second-order valence-electron chi connectivity index (χ2n) is 3.81. The molecule has 1 aliphatic rings. The predicted octanol–water partition coefficient (Wildman–Crippen LogP) is 1.35. The molecule has 0 atom stereocenters. The van der Waals surface area contributed by atoms with Gasteiger partial charge in [-0.25, -0.2) is 0 Å². The van der Waals surface area contributed by atoms with Crippen molar-refractivity contribution in [1.82, 2.24) is 0 Å². The van der Waals surface area contributed by atoms with Crippen LogP contribution >= 0.6 is 0 Å². The lowest BCUT2D eigenvalue weighted by Gasteiger charge is -2.35. The number of nitrogen functional groups attached to an aromatic ring is 1. The largest absolute Gasteiger partial charge is 0.399 e. The minimum absolute atomic E-state index is 0.312. The van der Waals surface area contributed by atoms with Gasteiger partial charge in [0, 0.05) is 5.69 Å². The highest BCUT2D eigenvalue weighted by Gasteiger charge is 2.38. The molecule has 1 aromatic rings. The molecule has 0 aliphatic carbocycles. The summed E-state index contributed by atoms with van der Waals surface area (Å²) in [4.78, 5) is 0. The standard InChI is InChI=1S/C11H12N2O/c12-6-11(7-14-8-11)5-9-2-1-3-10(13)4-9/h1-4H,5,7-8,13H2. The summed E-state index contributed by atoms with van der Waals surface area (Å²) in [6.07, 6.45) is 0.731. The number of hydrogen-bond donors (Lipinski definition) is 1. The molecule has 2 rings (SSSR count). The van der Waals surface area contributed by atoms with Crippen molar-refractivity contribution in [3.63, 3.8) is 0 Å². The Hall–Kier alpha value is -1.53. The summed E-state index contributed by atoms with van der Waals surface area (Å²) >= 11 is 0. The van der Waals surface area contributed by atoms with Crippen LogP contribution < -0.4 is 5.73 Å². The monoisotopic (exact) mass is 188 g/mol. The van der Waals surface area contributed by atoms with Gasteiger partial charge in [-0.05, 0) is 24.1 Å². The van der Waals surface area contributed by atoms with Crippen molar-refractivity contribution in [1.29, 1.82) is 5.26 Å². The Balaban J connectivity index is 2.14. The van der Waals surface area contributed by atoms with E-state index in [9.17, 15) is 0 Å². The quantitative estimate of drug-likeness (QED) is 0.713. The molecule has 0 saturated carbocycles. The van der Waals surface area contributed by atoms with Crippen LogP contribution in [-0.2, 0) is 11.2 Å². The van der Waals surface area contributed by atoms with Crippen LogP contribution in [0.4, 0.5) is 5.69 Å². The molecule has 1 fully saturated rings. The smallest absolute Gasteiger partial charge is 0.108 e. The molecule has 0 aromatic heterocycles. The SMILES string of the molecule is N#CC1(Cc2cccc(N)c2)COC1. The molecule has 1 aromatic carbocycles. The van der Waals surface area contributed by atoms with E-state index >= 15 is 0 Å². The van der Waals surface area contributed by atoms with Gasteiger partial charge in [-0.2, -0.15) is 5.26 Å². The second-order valence-corrected chi connectivity index (χ2v) is 3.81. The van der Waals surface area contributed by atoms with E-state index in [1.165, 1.54) is 0 Å². The van der Waals surface area contributed by atoms with Crippen LogP contribution in [0.25, 0.3) is 0 Å². The number of anilines is 1. The maximum absolute atomic E-state index is 9.01. The Morgan fingerprint density at radius 3 is 2.79 bits per heavy atom. The summed E-state index contributed by atoms with van der Waals surface area (Å²) in [5.74, 6) is 0. The number of benzene rings is 1. The normalized spacial score (nSPS) is 18.2. The van der Waals surface area contributed by atoms with Gasteiger partial charge >= 0.3 is 0 Å². The van der Waals surface area contributed by atoms with Gasteiger partial charge in [0.25, 0.3) is 0 Å². The minimum atomic E-state index is -0.312. The topological polar surface area (TPSA) is 59.0 Å². The summed E-state index contributed by atoms with van der Waals surface area (Å²) in [6, 6.07) is 9.98. The van der Waals surface area contributed by atoms with Crippen molar-refractivity contribution >= 4 is 5.69 Å². The molecule has 14 heavy (non-hydrogen) atoms. The molecule has 3 nitrogen and oxygen atoms in total. The summed E-state index contributed by atoms with van der Waals surface area (Å²) in [7, 11) is 0. The van der Waals surface area contributed by atoms with E-state index in [1.54, 1.807) is 0 Å². The molecule has 0 amide bonds. The molecular weight excluding hydrogens is 176 g/mol. The van der Waals surface area contributed by atoms with E-state index in [4.69, 9.17) is 15.7 Å². The first-order valence-corrected chi connectivity index (χ1v) is 4.58. The van der Waals surface area contributed by atoms with Crippen molar-refractivity contribution in [3.8, 4) is 6.07 Å². The average molecular weight is 188 g/mol. The molecule has 0 spiro atoms. The van der Waals surface area contributed by atoms with Crippen LogP contribution in [0.1, 0.15) is 5.56 Å². The van der Waals surface area contributed by atoms with Gasteiger partial charge in [0.1, 0.15) is 5.41 Å². The number of nitriles is 1. The van der Waals surface area contributed by atoms with Gasteiger partial charge in [0.2, 0.25) is 0 Å². The van der Waals surface area contributed by atoms with Crippen LogP contribution in [0.5, 0.6) is 0 Å². The fourth-order valence-electron chi connectivity index (χ4n) is 1.65. The Morgan fingerprint density at radius 1 is 1.50 bits per heavy atom. The molecule has 0 radical (unpaired) electrons. The number of hydrogen-bond acceptors (Lipinski definition) is 3. The zero-order valence-corrected chi connectivity index (χ0v) is 7.86. The Morgan fingerprint density at radius 2 is 2.29 bits per heavy atom. The van der Waals surface area contributed by atoms with Crippen LogP contribution in [0.3, 0.4) is 0 Å². The highest BCUT2D eigenvalue weighted by atomic mass is 16.5. The molecule has 1 saturated heterocycles. The molecule has 72 valence electrons. The maximum atomic E-state index is 9.01. The maximum Gasteiger partial charge on any atom is 0.108 e. The van der Waals surface area contributed by atoms with Gasteiger partial charge in [-0.15, -0.1) is 0 Å². The second kappa shape index (κ2) is 3.32. The van der Waals surface area contributed by atoms with Gasteiger partial charge in [-0.1, -0.05) is 12.1 Å². The first kappa shape index (κ1) is 9.04. The van der Waals surface area contributed by atoms with Gasteiger partial charge in [0.05, 0.1) is 19.3 Å². The molecule has 0 unspecified atom stereocenters. The lowest BCUT2D eigenvalue weighted by molar-refractivity contribution is -0.0765. The third kappa shape index (κ3) is 1.57. The zero-order valence-electron chi connectivity index (χ0n) is 7.86. The van der Waals surface area contributed by atoms with E-state index in [0.29, 0.717) is 13.2 Å². The summed E-state index contributed by atoms with van der Waals surface area (Å²) in [6.45, 7) is 1.08. The molecule has 2 N–H and O–H groups in total. The van der Waals surface area contributed by atoms with Crippen molar-refractivity contribution in [3.05, 3.63) is 29.8 Å². The first-order valence-electron chi connectivity index (χ1n) is 4.58.